The number of nitriles is 1. The summed E-state index contributed by atoms with van der Waals surface area (Å²) in [5.41, 5.74) is 2.69. The molecule has 0 spiro atoms. The highest BCUT2D eigenvalue weighted by molar-refractivity contribution is 6.31. The van der Waals surface area contributed by atoms with Crippen molar-refractivity contribution in [1.82, 2.24) is 20.0 Å². The highest BCUT2D eigenvalue weighted by atomic mass is 35.5. The van der Waals surface area contributed by atoms with Gasteiger partial charge in [-0.1, -0.05) is 28.9 Å². The average Bonchev–Trinajstić information content (AvgIpc) is 3.18. The van der Waals surface area contributed by atoms with E-state index in [1.54, 1.807) is 35.3 Å². The third-order valence-corrected chi connectivity index (χ3v) is 4.49. The van der Waals surface area contributed by atoms with Gasteiger partial charge in [-0.3, -0.25) is 4.98 Å². The zero-order valence-electron chi connectivity index (χ0n) is 14.4. The van der Waals surface area contributed by atoms with Crippen LogP contribution in [0.5, 0.6) is 5.75 Å². The summed E-state index contributed by atoms with van der Waals surface area (Å²) in [6.45, 7) is 1.91. The molecule has 27 heavy (non-hydrogen) atoms. The number of halogens is 1. The Hall–Kier alpha value is -3.43. The molecular formula is C20H14ClN5O. The van der Waals surface area contributed by atoms with E-state index >= 15 is 0 Å². The molecule has 132 valence electrons. The number of aromatic nitrogens is 4. The quantitative estimate of drug-likeness (QED) is 0.525. The molecule has 0 amide bonds. The number of benzene rings is 2. The number of rotatable bonds is 4. The van der Waals surface area contributed by atoms with Gasteiger partial charge in [0.2, 0.25) is 0 Å². The maximum Gasteiger partial charge on any atom is 0.141 e. The van der Waals surface area contributed by atoms with Crippen molar-refractivity contribution in [3.05, 3.63) is 77.2 Å². The minimum absolute atomic E-state index is 0.307. The molecule has 0 bridgehead atoms. The maximum atomic E-state index is 8.98. The predicted molar refractivity (Wildman–Crippen MR) is 102 cm³/mol. The van der Waals surface area contributed by atoms with E-state index in [0.717, 1.165) is 22.3 Å². The molecule has 7 heteroatoms. The summed E-state index contributed by atoms with van der Waals surface area (Å²) in [6, 6.07) is 16.8. The largest absolute Gasteiger partial charge is 0.484 e. The van der Waals surface area contributed by atoms with Gasteiger partial charge in [-0.05, 0) is 43.3 Å². The monoisotopic (exact) mass is 375 g/mol. The van der Waals surface area contributed by atoms with Gasteiger partial charge >= 0.3 is 0 Å². The zero-order chi connectivity index (χ0) is 18.8. The van der Waals surface area contributed by atoms with Gasteiger partial charge in [0.05, 0.1) is 28.0 Å². The lowest BCUT2D eigenvalue weighted by Crippen LogP contribution is -2.04. The van der Waals surface area contributed by atoms with Crippen LogP contribution in [-0.2, 0) is 0 Å². The molecule has 0 aliphatic carbocycles. The highest BCUT2D eigenvalue weighted by Gasteiger charge is 2.15. The van der Waals surface area contributed by atoms with Crippen LogP contribution >= 0.6 is 11.6 Å². The lowest BCUT2D eigenvalue weighted by atomic mass is 10.2. The number of hydrogen-bond donors (Lipinski definition) is 0. The molecule has 2 heterocycles. The lowest BCUT2D eigenvalue weighted by molar-refractivity contribution is 0.224. The van der Waals surface area contributed by atoms with E-state index in [1.165, 1.54) is 0 Å². The standard InChI is InChI=1S/C20H14ClN5O/c1-13(27-20-8-9-23-18-5-3-2-4-16(18)20)19-12-26(25-24-19)15-7-6-14(11-22)17(21)10-15/h2-10,12-13H,1H3/t13-/m0/s1. The number of fused-ring (bicyclic) bond motifs is 1. The molecule has 0 radical (unpaired) electrons. The molecule has 6 nitrogen and oxygen atoms in total. The molecule has 0 fully saturated rings. The minimum Gasteiger partial charge on any atom is -0.484 e. The summed E-state index contributed by atoms with van der Waals surface area (Å²) in [4.78, 5) is 4.34. The second-order valence-electron chi connectivity index (χ2n) is 5.95. The van der Waals surface area contributed by atoms with Crippen LogP contribution in [0.4, 0.5) is 0 Å². The first-order chi connectivity index (χ1) is 13.2. The van der Waals surface area contributed by atoms with E-state index in [1.807, 2.05) is 43.3 Å². The topological polar surface area (TPSA) is 76.6 Å². The Labute approximate surface area is 160 Å². The summed E-state index contributed by atoms with van der Waals surface area (Å²) in [6.07, 6.45) is 3.20. The number of nitrogens with zero attached hydrogens (tertiary/aromatic N) is 5. The Kier molecular flexibility index (Phi) is 4.45. The van der Waals surface area contributed by atoms with E-state index < -0.39 is 0 Å². The van der Waals surface area contributed by atoms with Gasteiger partial charge in [0.15, 0.2) is 0 Å². The number of hydrogen-bond acceptors (Lipinski definition) is 5. The summed E-state index contributed by atoms with van der Waals surface area (Å²) < 4.78 is 7.70. The Morgan fingerprint density at radius 1 is 1.19 bits per heavy atom. The van der Waals surface area contributed by atoms with Crippen LogP contribution in [-0.4, -0.2) is 20.0 Å². The number of pyridine rings is 1. The lowest BCUT2D eigenvalue weighted by Gasteiger charge is -2.13. The van der Waals surface area contributed by atoms with Crippen molar-refractivity contribution >= 4 is 22.5 Å². The van der Waals surface area contributed by atoms with Crippen molar-refractivity contribution < 1.29 is 4.74 Å². The van der Waals surface area contributed by atoms with Gasteiger partial charge in [-0.2, -0.15) is 5.26 Å². The summed E-state index contributed by atoms with van der Waals surface area (Å²) in [5, 5.41) is 18.6. The SMILES string of the molecule is C[C@H](Oc1ccnc2ccccc12)c1cn(-c2ccc(C#N)c(Cl)c2)nn1. The Morgan fingerprint density at radius 3 is 2.85 bits per heavy atom. The highest BCUT2D eigenvalue weighted by Crippen LogP contribution is 2.28. The first kappa shape index (κ1) is 17.0. The molecule has 4 aromatic rings. The number of para-hydroxylation sites is 1. The summed E-state index contributed by atoms with van der Waals surface area (Å²) in [7, 11) is 0. The predicted octanol–water partition coefficient (Wildman–Crippen LogP) is 4.48. The fourth-order valence-corrected chi connectivity index (χ4v) is 2.97. The van der Waals surface area contributed by atoms with Gasteiger partial charge in [-0.15, -0.1) is 5.10 Å². The van der Waals surface area contributed by atoms with Crippen molar-refractivity contribution in [1.29, 1.82) is 5.26 Å². The third-order valence-electron chi connectivity index (χ3n) is 4.18. The smallest absolute Gasteiger partial charge is 0.141 e. The maximum absolute atomic E-state index is 8.98. The van der Waals surface area contributed by atoms with Crippen molar-refractivity contribution in [2.24, 2.45) is 0 Å². The first-order valence-corrected chi connectivity index (χ1v) is 8.66. The van der Waals surface area contributed by atoms with E-state index in [-0.39, 0.29) is 6.10 Å². The van der Waals surface area contributed by atoms with Gasteiger partial charge in [0.25, 0.3) is 0 Å². The Bertz CT molecular complexity index is 1160. The first-order valence-electron chi connectivity index (χ1n) is 8.28. The van der Waals surface area contributed by atoms with Crippen LogP contribution < -0.4 is 4.74 Å². The molecule has 0 saturated heterocycles. The van der Waals surface area contributed by atoms with Crippen LogP contribution in [0.3, 0.4) is 0 Å². The third kappa shape index (κ3) is 3.33. The van der Waals surface area contributed by atoms with Gasteiger partial charge in [-0.25, -0.2) is 4.68 Å². The molecular weight excluding hydrogens is 362 g/mol. The van der Waals surface area contributed by atoms with Crippen LogP contribution in [0.1, 0.15) is 24.3 Å². The minimum atomic E-state index is -0.307. The molecule has 0 unspecified atom stereocenters. The zero-order valence-corrected chi connectivity index (χ0v) is 15.1. The fourth-order valence-electron chi connectivity index (χ4n) is 2.75. The second-order valence-corrected chi connectivity index (χ2v) is 6.36. The molecule has 1 atom stereocenters. The number of ether oxygens (including phenoxy) is 1. The molecule has 0 N–H and O–H groups in total. The van der Waals surface area contributed by atoms with Crippen molar-refractivity contribution in [3.8, 4) is 17.5 Å². The molecule has 2 aromatic heterocycles. The van der Waals surface area contributed by atoms with Crippen molar-refractivity contribution in [2.45, 2.75) is 13.0 Å². The molecule has 0 aliphatic heterocycles. The van der Waals surface area contributed by atoms with Gasteiger partial charge < -0.3 is 4.74 Å². The van der Waals surface area contributed by atoms with E-state index in [0.29, 0.717) is 16.3 Å². The van der Waals surface area contributed by atoms with Crippen LogP contribution in [0.25, 0.3) is 16.6 Å². The van der Waals surface area contributed by atoms with E-state index in [9.17, 15) is 0 Å². The average molecular weight is 376 g/mol. The second kappa shape index (κ2) is 7.06. The Morgan fingerprint density at radius 2 is 2.04 bits per heavy atom. The summed E-state index contributed by atoms with van der Waals surface area (Å²) >= 11 is 6.10. The van der Waals surface area contributed by atoms with Crippen molar-refractivity contribution in [2.75, 3.05) is 0 Å². The fraction of sp³-hybridized carbons (Fsp3) is 0.100. The Balaban J connectivity index is 1.59. The molecule has 2 aromatic carbocycles. The van der Waals surface area contributed by atoms with Gasteiger partial charge in [0, 0.05) is 11.6 Å². The van der Waals surface area contributed by atoms with Crippen molar-refractivity contribution in [3.63, 3.8) is 0 Å². The van der Waals surface area contributed by atoms with Crippen LogP contribution in [0.15, 0.2) is 60.9 Å². The molecule has 4 rings (SSSR count). The van der Waals surface area contributed by atoms with Gasteiger partial charge in [0.1, 0.15) is 23.6 Å². The van der Waals surface area contributed by atoms with Crippen LogP contribution in [0.2, 0.25) is 5.02 Å². The van der Waals surface area contributed by atoms with E-state index in [4.69, 9.17) is 21.6 Å². The summed E-state index contributed by atoms with van der Waals surface area (Å²) in [5.74, 6) is 0.740. The van der Waals surface area contributed by atoms with Crippen LogP contribution in [0, 0.1) is 11.3 Å². The van der Waals surface area contributed by atoms with E-state index in [2.05, 4.69) is 15.3 Å². The molecule has 0 saturated carbocycles. The normalized spacial score (nSPS) is 11.9. The molecule has 0 aliphatic rings.